The monoisotopic (exact) mass is 205 g/mol. The Morgan fingerprint density at radius 2 is 1.93 bits per heavy atom. The van der Waals surface area contributed by atoms with Gasteiger partial charge in [-0.25, -0.2) is 0 Å². The molecular formula is C13H19NO. The molecule has 2 nitrogen and oxygen atoms in total. The molecule has 0 heterocycles. The minimum Gasteiger partial charge on any atom is -0.383 e. The molecule has 82 valence electrons. The van der Waals surface area contributed by atoms with Crippen molar-refractivity contribution in [1.82, 2.24) is 5.32 Å². The lowest BCUT2D eigenvalue weighted by Gasteiger charge is -2.18. The number of methoxy groups -OCH3 is 1. The minimum atomic E-state index is 0.439. The van der Waals surface area contributed by atoms with Gasteiger partial charge in [-0.15, -0.1) is 0 Å². The Morgan fingerprint density at radius 1 is 1.33 bits per heavy atom. The molecular weight excluding hydrogens is 186 g/mol. The summed E-state index contributed by atoms with van der Waals surface area (Å²) >= 11 is 0. The molecule has 15 heavy (non-hydrogen) atoms. The van der Waals surface area contributed by atoms with E-state index in [9.17, 15) is 0 Å². The number of hydrogen-bond donors (Lipinski definition) is 1. The van der Waals surface area contributed by atoms with Crippen LogP contribution in [0.3, 0.4) is 0 Å². The number of fused-ring (bicyclic) bond motifs is 1. The third-order valence-electron chi connectivity index (χ3n) is 2.99. The Labute approximate surface area is 91.6 Å². The van der Waals surface area contributed by atoms with Gasteiger partial charge in [0.1, 0.15) is 0 Å². The van der Waals surface area contributed by atoms with Gasteiger partial charge >= 0.3 is 0 Å². The maximum absolute atomic E-state index is 5.13. The molecule has 0 saturated heterocycles. The number of ether oxygens (including phenoxy) is 1. The molecule has 0 saturated carbocycles. The average Bonchev–Trinajstić information content (AvgIpc) is 2.59. The standard InChI is InChI=1S/C13H19NO/c1-10(9-15-2)14-13-7-11-5-3-4-6-12(11)8-13/h3-6,10,13-14H,7-9H2,1-2H3. The van der Waals surface area contributed by atoms with E-state index in [1.807, 2.05) is 0 Å². The lowest BCUT2D eigenvalue weighted by molar-refractivity contribution is 0.167. The SMILES string of the molecule is COCC(C)NC1Cc2ccccc2C1. The molecule has 1 unspecified atom stereocenters. The maximum Gasteiger partial charge on any atom is 0.0613 e. The van der Waals surface area contributed by atoms with E-state index in [4.69, 9.17) is 4.74 Å². The van der Waals surface area contributed by atoms with Crippen molar-refractivity contribution < 1.29 is 4.74 Å². The molecule has 2 rings (SSSR count). The third kappa shape index (κ3) is 2.58. The van der Waals surface area contributed by atoms with Gasteiger partial charge in [-0.3, -0.25) is 0 Å². The Kier molecular flexibility index (Phi) is 3.39. The van der Waals surface area contributed by atoms with Crippen molar-refractivity contribution >= 4 is 0 Å². The van der Waals surface area contributed by atoms with Crippen LogP contribution < -0.4 is 5.32 Å². The quantitative estimate of drug-likeness (QED) is 0.809. The lowest BCUT2D eigenvalue weighted by Crippen LogP contribution is -2.39. The molecule has 1 aliphatic carbocycles. The van der Waals surface area contributed by atoms with Gasteiger partial charge < -0.3 is 10.1 Å². The molecule has 1 aromatic carbocycles. The van der Waals surface area contributed by atoms with Crippen molar-refractivity contribution in [1.29, 1.82) is 0 Å². The van der Waals surface area contributed by atoms with Crippen molar-refractivity contribution in [2.24, 2.45) is 0 Å². The molecule has 1 atom stereocenters. The summed E-state index contributed by atoms with van der Waals surface area (Å²) in [4.78, 5) is 0. The summed E-state index contributed by atoms with van der Waals surface area (Å²) in [6, 6.07) is 9.75. The zero-order chi connectivity index (χ0) is 10.7. The topological polar surface area (TPSA) is 21.3 Å². The fraction of sp³-hybridized carbons (Fsp3) is 0.538. The molecule has 0 spiro atoms. The van der Waals surface area contributed by atoms with E-state index in [-0.39, 0.29) is 0 Å². The highest BCUT2D eigenvalue weighted by atomic mass is 16.5. The molecule has 0 radical (unpaired) electrons. The molecule has 2 heteroatoms. The summed E-state index contributed by atoms with van der Waals surface area (Å²) in [7, 11) is 1.75. The Morgan fingerprint density at radius 3 is 2.47 bits per heavy atom. The average molecular weight is 205 g/mol. The van der Waals surface area contributed by atoms with E-state index in [0.717, 1.165) is 19.4 Å². The van der Waals surface area contributed by atoms with Gasteiger partial charge in [0.2, 0.25) is 0 Å². The van der Waals surface area contributed by atoms with Crippen molar-refractivity contribution in [3.8, 4) is 0 Å². The predicted octanol–water partition coefficient (Wildman–Crippen LogP) is 1.78. The maximum atomic E-state index is 5.13. The summed E-state index contributed by atoms with van der Waals surface area (Å²) in [5, 5.41) is 3.60. The van der Waals surface area contributed by atoms with Crippen molar-refractivity contribution in [3.63, 3.8) is 0 Å². The second-order valence-electron chi connectivity index (χ2n) is 4.40. The van der Waals surface area contributed by atoms with Crippen LogP contribution in [-0.4, -0.2) is 25.8 Å². The first-order chi connectivity index (χ1) is 7.29. The van der Waals surface area contributed by atoms with Crippen LogP contribution in [0.5, 0.6) is 0 Å². The van der Waals surface area contributed by atoms with E-state index in [0.29, 0.717) is 12.1 Å². The van der Waals surface area contributed by atoms with Gasteiger partial charge in [0.25, 0.3) is 0 Å². The van der Waals surface area contributed by atoms with Crippen LogP contribution in [0.15, 0.2) is 24.3 Å². The largest absolute Gasteiger partial charge is 0.383 e. The van der Waals surface area contributed by atoms with Crippen LogP contribution in [0, 0.1) is 0 Å². The molecule has 1 aliphatic rings. The first-order valence-corrected chi connectivity index (χ1v) is 5.61. The summed E-state index contributed by atoms with van der Waals surface area (Å²) in [5.41, 5.74) is 3.00. The normalized spacial score (nSPS) is 17.7. The molecule has 1 aromatic rings. The number of rotatable bonds is 4. The van der Waals surface area contributed by atoms with Crippen molar-refractivity contribution in [2.45, 2.75) is 31.8 Å². The fourth-order valence-electron chi connectivity index (χ4n) is 2.38. The molecule has 1 N–H and O–H groups in total. The fourth-order valence-corrected chi connectivity index (χ4v) is 2.38. The Balaban J connectivity index is 1.90. The number of hydrogen-bond acceptors (Lipinski definition) is 2. The molecule has 0 bridgehead atoms. The smallest absolute Gasteiger partial charge is 0.0613 e. The van der Waals surface area contributed by atoms with Crippen molar-refractivity contribution in [2.75, 3.05) is 13.7 Å². The van der Waals surface area contributed by atoms with E-state index in [1.165, 1.54) is 11.1 Å². The zero-order valence-corrected chi connectivity index (χ0v) is 9.49. The van der Waals surface area contributed by atoms with Crippen LogP contribution in [0.4, 0.5) is 0 Å². The lowest BCUT2D eigenvalue weighted by atomic mass is 10.1. The highest BCUT2D eigenvalue weighted by Gasteiger charge is 2.21. The van der Waals surface area contributed by atoms with Crippen LogP contribution in [0.1, 0.15) is 18.1 Å². The molecule has 0 aromatic heterocycles. The predicted molar refractivity (Wildman–Crippen MR) is 62.1 cm³/mol. The highest BCUT2D eigenvalue weighted by molar-refractivity contribution is 5.33. The van der Waals surface area contributed by atoms with E-state index in [1.54, 1.807) is 7.11 Å². The van der Waals surface area contributed by atoms with Crippen LogP contribution in [0.25, 0.3) is 0 Å². The number of benzene rings is 1. The van der Waals surface area contributed by atoms with E-state index >= 15 is 0 Å². The summed E-state index contributed by atoms with van der Waals surface area (Å²) in [6.07, 6.45) is 2.31. The second kappa shape index (κ2) is 4.77. The van der Waals surface area contributed by atoms with Gasteiger partial charge in [-0.2, -0.15) is 0 Å². The van der Waals surface area contributed by atoms with E-state index in [2.05, 4.69) is 36.5 Å². The van der Waals surface area contributed by atoms with Gasteiger partial charge in [0.05, 0.1) is 6.61 Å². The van der Waals surface area contributed by atoms with Gasteiger partial charge in [0.15, 0.2) is 0 Å². The summed E-state index contributed by atoms with van der Waals surface area (Å²) in [5.74, 6) is 0. The van der Waals surface area contributed by atoms with Crippen LogP contribution >= 0.6 is 0 Å². The first kappa shape index (κ1) is 10.7. The highest BCUT2D eigenvalue weighted by Crippen LogP contribution is 2.21. The number of nitrogens with one attached hydrogen (secondary N) is 1. The minimum absolute atomic E-state index is 0.439. The van der Waals surface area contributed by atoms with Crippen molar-refractivity contribution in [3.05, 3.63) is 35.4 Å². The van der Waals surface area contributed by atoms with Gasteiger partial charge in [0, 0.05) is 19.2 Å². The van der Waals surface area contributed by atoms with Crippen LogP contribution in [0.2, 0.25) is 0 Å². The zero-order valence-electron chi connectivity index (χ0n) is 9.49. The van der Waals surface area contributed by atoms with E-state index < -0.39 is 0 Å². The van der Waals surface area contributed by atoms with Gasteiger partial charge in [-0.05, 0) is 30.9 Å². The Bertz CT molecular complexity index is 299. The second-order valence-corrected chi connectivity index (χ2v) is 4.40. The summed E-state index contributed by atoms with van der Waals surface area (Å²) in [6.45, 7) is 2.96. The van der Waals surface area contributed by atoms with Crippen LogP contribution in [-0.2, 0) is 17.6 Å². The van der Waals surface area contributed by atoms with Gasteiger partial charge in [-0.1, -0.05) is 24.3 Å². The first-order valence-electron chi connectivity index (χ1n) is 5.61. The summed E-state index contributed by atoms with van der Waals surface area (Å²) < 4.78 is 5.13. The third-order valence-corrected chi connectivity index (χ3v) is 2.99. The molecule has 0 amide bonds. The molecule has 0 aliphatic heterocycles. The molecule has 0 fully saturated rings. The Hall–Kier alpha value is -0.860.